The number of fused-ring (bicyclic) bond motifs is 1. The average Bonchev–Trinajstić information content (AvgIpc) is 3.54. The highest BCUT2D eigenvalue weighted by Gasteiger charge is 2.29. The summed E-state index contributed by atoms with van der Waals surface area (Å²) in [6, 6.07) is 10.2. The smallest absolute Gasteiger partial charge is 0.244 e. The van der Waals surface area contributed by atoms with Crippen molar-refractivity contribution in [2.75, 3.05) is 18.0 Å². The molecule has 178 valence electrons. The van der Waals surface area contributed by atoms with Crippen LogP contribution in [0.15, 0.2) is 59.9 Å². The summed E-state index contributed by atoms with van der Waals surface area (Å²) in [6.45, 7) is 6.08. The summed E-state index contributed by atoms with van der Waals surface area (Å²) in [5.41, 5.74) is 3.86. The lowest BCUT2D eigenvalue weighted by atomic mass is 10.1. The first-order chi connectivity index (χ1) is 16.3. The van der Waals surface area contributed by atoms with Gasteiger partial charge >= 0.3 is 0 Å². The second kappa shape index (κ2) is 8.84. The number of aromatic nitrogens is 4. The van der Waals surface area contributed by atoms with Crippen LogP contribution in [0.4, 0.5) is 10.1 Å². The molecule has 0 saturated carbocycles. The second-order valence-corrected chi connectivity index (χ2v) is 10.4. The number of aryl methyl sites for hydroxylation is 2. The van der Waals surface area contributed by atoms with E-state index in [-0.39, 0.29) is 16.8 Å². The first-order valence-electron chi connectivity index (χ1n) is 11.4. The molecule has 0 aliphatic carbocycles. The summed E-state index contributed by atoms with van der Waals surface area (Å²) in [7, 11) is -3.62. The normalized spacial score (nSPS) is 16.6. The van der Waals surface area contributed by atoms with Gasteiger partial charge in [-0.1, -0.05) is 6.92 Å². The average molecular weight is 483 g/mol. The summed E-state index contributed by atoms with van der Waals surface area (Å²) < 4.78 is 45.3. The maximum atomic E-state index is 13.3. The number of anilines is 1. The molecule has 0 amide bonds. The summed E-state index contributed by atoms with van der Waals surface area (Å²) in [5, 5.41) is 9.60. The van der Waals surface area contributed by atoms with Crippen LogP contribution in [0.2, 0.25) is 0 Å². The Bertz CT molecular complexity index is 1430. The molecular formula is C24H27FN6O2S. The Labute approximate surface area is 198 Å². The molecular weight excluding hydrogens is 455 g/mol. The molecule has 1 saturated heterocycles. The van der Waals surface area contributed by atoms with Crippen molar-refractivity contribution in [1.82, 2.24) is 24.3 Å². The van der Waals surface area contributed by atoms with Gasteiger partial charge in [0.25, 0.3) is 0 Å². The van der Waals surface area contributed by atoms with E-state index in [2.05, 4.69) is 32.0 Å². The molecule has 1 fully saturated rings. The van der Waals surface area contributed by atoms with Gasteiger partial charge in [0.1, 0.15) is 10.7 Å². The molecule has 5 rings (SSSR count). The van der Waals surface area contributed by atoms with E-state index in [4.69, 9.17) is 0 Å². The Kier molecular flexibility index (Phi) is 5.86. The Hall–Kier alpha value is -3.24. The van der Waals surface area contributed by atoms with Crippen molar-refractivity contribution in [3.63, 3.8) is 0 Å². The summed E-state index contributed by atoms with van der Waals surface area (Å²) in [5.74, 6) is -0.285. The van der Waals surface area contributed by atoms with Gasteiger partial charge < -0.3 is 4.90 Å². The molecule has 1 aliphatic rings. The quantitative estimate of drug-likeness (QED) is 0.435. The molecule has 0 spiro atoms. The Morgan fingerprint density at radius 2 is 1.94 bits per heavy atom. The monoisotopic (exact) mass is 482 g/mol. The van der Waals surface area contributed by atoms with E-state index < -0.39 is 10.0 Å². The van der Waals surface area contributed by atoms with Crippen molar-refractivity contribution in [3.05, 3.63) is 66.4 Å². The predicted molar refractivity (Wildman–Crippen MR) is 129 cm³/mol. The topological polar surface area (TPSA) is 85.0 Å². The number of hydrogen-bond donors (Lipinski definition) is 1. The first kappa shape index (κ1) is 22.5. The van der Waals surface area contributed by atoms with Gasteiger partial charge in [0.15, 0.2) is 0 Å². The number of halogens is 1. The zero-order valence-electron chi connectivity index (χ0n) is 19.1. The number of nitrogens with zero attached hydrogens (tertiary/aromatic N) is 5. The molecule has 34 heavy (non-hydrogen) atoms. The highest BCUT2D eigenvalue weighted by Crippen LogP contribution is 2.30. The number of nitrogens with one attached hydrogen (secondary N) is 1. The Morgan fingerprint density at radius 1 is 1.15 bits per heavy atom. The van der Waals surface area contributed by atoms with Crippen molar-refractivity contribution in [2.24, 2.45) is 0 Å². The fourth-order valence-corrected chi connectivity index (χ4v) is 5.71. The molecule has 0 bridgehead atoms. The van der Waals surface area contributed by atoms with E-state index in [0.29, 0.717) is 19.5 Å². The van der Waals surface area contributed by atoms with Crippen molar-refractivity contribution in [3.8, 4) is 5.69 Å². The van der Waals surface area contributed by atoms with Gasteiger partial charge in [-0.2, -0.15) is 10.2 Å². The second-order valence-electron chi connectivity index (χ2n) is 8.72. The van der Waals surface area contributed by atoms with E-state index >= 15 is 0 Å². The van der Waals surface area contributed by atoms with Crippen LogP contribution in [-0.2, 0) is 16.6 Å². The summed E-state index contributed by atoms with van der Waals surface area (Å²) in [6.07, 6.45) is 6.39. The third kappa shape index (κ3) is 4.30. The van der Waals surface area contributed by atoms with Gasteiger partial charge in [0.05, 0.1) is 23.6 Å². The molecule has 1 atom stereocenters. The third-order valence-corrected chi connectivity index (χ3v) is 7.66. The van der Waals surface area contributed by atoms with Crippen LogP contribution in [0.25, 0.3) is 16.6 Å². The predicted octanol–water partition coefficient (Wildman–Crippen LogP) is 3.64. The molecule has 1 N–H and O–H groups in total. The highest BCUT2D eigenvalue weighted by molar-refractivity contribution is 7.89. The molecule has 1 aliphatic heterocycles. The lowest BCUT2D eigenvalue weighted by molar-refractivity contribution is 0.560. The van der Waals surface area contributed by atoms with Crippen molar-refractivity contribution in [1.29, 1.82) is 0 Å². The molecule has 4 aromatic rings. The zero-order valence-corrected chi connectivity index (χ0v) is 20.0. The number of hydrogen-bond acceptors (Lipinski definition) is 5. The molecule has 2 aromatic carbocycles. The lowest BCUT2D eigenvalue weighted by Gasteiger charge is -2.21. The Balaban J connectivity index is 1.33. The summed E-state index contributed by atoms with van der Waals surface area (Å²) in [4.78, 5) is 2.41. The van der Waals surface area contributed by atoms with Crippen LogP contribution >= 0.6 is 0 Å². The maximum Gasteiger partial charge on any atom is 0.244 e. The van der Waals surface area contributed by atoms with Gasteiger partial charge in [0, 0.05) is 42.9 Å². The number of sulfonamides is 1. The standard InChI is InChI=1S/C24H27FN6O2S/c1-3-9-30-16-22(14-26-30)34(32,33)28-20-8-10-29(15-20)23-12-18-13-27-31(24(18)11-17(23)2)21-6-4-19(25)5-7-21/h4-7,11-14,16,20,28H,3,8-10,15H2,1-2H3. The molecule has 3 heterocycles. The minimum atomic E-state index is -3.62. The largest absolute Gasteiger partial charge is 0.370 e. The van der Waals surface area contributed by atoms with Crippen LogP contribution < -0.4 is 9.62 Å². The van der Waals surface area contributed by atoms with Gasteiger partial charge in [-0.15, -0.1) is 0 Å². The zero-order chi connectivity index (χ0) is 23.9. The Morgan fingerprint density at radius 3 is 2.71 bits per heavy atom. The van der Waals surface area contributed by atoms with E-state index in [1.165, 1.54) is 18.3 Å². The first-order valence-corrected chi connectivity index (χ1v) is 12.9. The molecule has 0 radical (unpaired) electrons. The minimum absolute atomic E-state index is 0.184. The lowest BCUT2D eigenvalue weighted by Crippen LogP contribution is -2.37. The number of benzene rings is 2. The summed E-state index contributed by atoms with van der Waals surface area (Å²) >= 11 is 0. The van der Waals surface area contributed by atoms with Gasteiger partial charge in [-0.25, -0.2) is 22.2 Å². The van der Waals surface area contributed by atoms with Crippen LogP contribution in [0.1, 0.15) is 25.3 Å². The van der Waals surface area contributed by atoms with E-state index in [0.717, 1.165) is 40.8 Å². The van der Waals surface area contributed by atoms with E-state index in [9.17, 15) is 12.8 Å². The number of rotatable bonds is 7. The van der Waals surface area contributed by atoms with E-state index in [1.54, 1.807) is 33.9 Å². The fraction of sp³-hybridized carbons (Fsp3) is 0.333. The van der Waals surface area contributed by atoms with Gasteiger partial charge in [-0.3, -0.25) is 4.68 Å². The SMILES string of the molecule is CCCn1cc(S(=O)(=O)NC2CCN(c3cc4cnn(-c5ccc(F)cc5)c4cc3C)C2)cn1. The van der Waals surface area contributed by atoms with Crippen molar-refractivity contribution < 1.29 is 12.8 Å². The molecule has 10 heteroatoms. The van der Waals surface area contributed by atoms with E-state index in [1.807, 2.05) is 13.8 Å². The highest BCUT2D eigenvalue weighted by atomic mass is 32.2. The van der Waals surface area contributed by atoms with Crippen molar-refractivity contribution in [2.45, 2.75) is 44.2 Å². The molecule has 2 aromatic heterocycles. The van der Waals surface area contributed by atoms with Crippen LogP contribution in [0.3, 0.4) is 0 Å². The molecule has 1 unspecified atom stereocenters. The fourth-order valence-electron chi connectivity index (χ4n) is 4.49. The van der Waals surface area contributed by atoms with Crippen LogP contribution in [0.5, 0.6) is 0 Å². The maximum absolute atomic E-state index is 13.3. The molecule has 8 nitrogen and oxygen atoms in total. The van der Waals surface area contributed by atoms with Crippen LogP contribution in [0, 0.1) is 12.7 Å². The minimum Gasteiger partial charge on any atom is -0.370 e. The van der Waals surface area contributed by atoms with Crippen LogP contribution in [-0.4, -0.2) is 47.1 Å². The van der Waals surface area contributed by atoms with Gasteiger partial charge in [0.2, 0.25) is 10.0 Å². The third-order valence-electron chi connectivity index (χ3n) is 6.18. The van der Waals surface area contributed by atoms with Gasteiger partial charge in [-0.05, 0) is 61.7 Å². The van der Waals surface area contributed by atoms with Crippen molar-refractivity contribution >= 4 is 26.6 Å².